The van der Waals surface area contributed by atoms with Crippen molar-refractivity contribution in [2.24, 2.45) is 4.99 Å². The molecule has 0 amide bonds. The van der Waals surface area contributed by atoms with Gasteiger partial charge in [-0.3, -0.25) is 20.5 Å². The molecule has 0 atom stereocenters. The van der Waals surface area contributed by atoms with Crippen molar-refractivity contribution in [3.05, 3.63) is 11.9 Å². The monoisotopic (exact) mass is 218 g/mol. The Balaban J connectivity index is 3.74. The molecule has 86 valence electrons. The summed E-state index contributed by atoms with van der Waals surface area (Å²) in [6, 6.07) is 0. The van der Waals surface area contributed by atoms with Crippen molar-refractivity contribution < 1.29 is 19.5 Å². The molecule has 0 radical (unpaired) electrons. The van der Waals surface area contributed by atoms with Crippen LogP contribution in [0.3, 0.4) is 0 Å². The van der Waals surface area contributed by atoms with Crippen molar-refractivity contribution in [3.8, 4) is 0 Å². The van der Waals surface area contributed by atoms with Crippen LogP contribution in [-0.4, -0.2) is 28.7 Å². The minimum absolute atomic E-state index is 0.0320. The Morgan fingerprint density at radius 2 is 2.27 bits per heavy atom. The van der Waals surface area contributed by atoms with Crippen molar-refractivity contribution in [1.29, 1.82) is 0 Å². The van der Waals surface area contributed by atoms with E-state index in [9.17, 15) is 9.18 Å². The third kappa shape index (κ3) is 8.89. The van der Waals surface area contributed by atoms with Crippen molar-refractivity contribution in [2.45, 2.75) is 26.2 Å². The summed E-state index contributed by atoms with van der Waals surface area (Å²) < 4.78 is 12.9. The van der Waals surface area contributed by atoms with Gasteiger partial charge in [-0.25, -0.2) is 4.39 Å². The Kier molecular flexibility index (Phi) is 7.17. The molecular formula is C9H15FN2O3. The molecular weight excluding hydrogens is 203 g/mol. The average Bonchev–Trinajstić information content (AvgIpc) is 2.20. The maximum atomic E-state index is 12.9. The number of hydrogen-bond acceptors (Lipinski definition) is 3. The molecule has 0 unspecified atom stereocenters. The maximum absolute atomic E-state index is 12.9. The van der Waals surface area contributed by atoms with Crippen LogP contribution in [-0.2, 0) is 4.79 Å². The molecule has 0 aliphatic heterocycles. The number of carboxylic acid groups (broad SMARTS) is 1. The molecule has 5 nitrogen and oxygen atoms in total. The summed E-state index contributed by atoms with van der Waals surface area (Å²) in [6.45, 7) is 1.35. The number of aliphatic carboxylic acids is 1. The molecule has 0 rings (SSSR count). The molecule has 0 aromatic carbocycles. The normalized spacial score (nSPS) is 12.7. The molecule has 15 heavy (non-hydrogen) atoms. The molecule has 0 fully saturated rings. The van der Waals surface area contributed by atoms with Gasteiger partial charge in [-0.1, -0.05) is 6.08 Å². The first-order valence-electron chi connectivity index (χ1n) is 4.53. The second kappa shape index (κ2) is 7.93. The van der Waals surface area contributed by atoms with E-state index in [1.165, 1.54) is 13.0 Å². The summed E-state index contributed by atoms with van der Waals surface area (Å²) in [4.78, 5) is 13.8. The number of nitrogens with zero attached hydrogens (tertiary/aromatic N) is 1. The fourth-order valence-corrected chi connectivity index (χ4v) is 0.806. The first-order valence-corrected chi connectivity index (χ1v) is 4.53. The van der Waals surface area contributed by atoms with E-state index in [1.54, 1.807) is 5.48 Å². The number of carbonyl (C=O) groups is 1. The molecule has 0 aromatic rings. The van der Waals surface area contributed by atoms with E-state index in [0.717, 1.165) is 0 Å². The highest BCUT2D eigenvalue weighted by molar-refractivity contribution is 5.78. The highest BCUT2D eigenvalue weighted by atomic mass is 19.1. The van der Waals surface area contributed by atoms with Gasteiger partial charge in [0.25, 0.3) is 0 Å². The van der Waals surface area contributed by atoms with Gasteiger partial charge in [0.15, 0.2) is 0 Å². The van der Waals surface area contributed by atoms with Crippen molar-refractivity contribution >= 4 is 11.8 Å². The van der Waals surface area contributed by atoms with E-state index in [2.05, 4.69) is 4.99 Å². The van der Waals surface area contributed by atoms with E-state index < -0.39 is 11.8 Å². The quantitative estimate of drug-likeness (QED) is 0.273. The Hall–Kier alpha value is -1.43. The predicted octanol–water partition coefficient (Wildman–Crippen LogP) is 1.49. The van der Waals surface area contributed by atoms with Crippen LogP contribution in [0.2, 0.25) is 0 Å². The number of allylic oxidation sites excluding steroid dienone is 1. The zero-order valence-electron chi connectivity index (χ0n) is 8.53. The zero-order chi connectivity index (χ0) is 11.7. The summed E-state index contributed by atoms with van der Waals surface area (Å²) in [6.07, 6.45) is 2.12. The van der Waals surface area contributed by atoms with E-state index >= 15 is 0 Å². The standard InChI is InChI=1S/C9H15FN2O3/c1-7(12-15)11-6-8(10)4-2-3-5-9(13)14/h4,15H,2-3,5-6H2,1H3,(H,11,12)(H,13,14). The maximum Gasteiger partial charge on any atom is 0.303 e. The third-order valence-corrected chi connectivity index (χ3v) is 1.59. The van der Waals surface area contributed by atoms with Crippen LogP contribution in [0.15, 0.2) is 16.9 Å². The molecule has 6 heteroatoms. The highest BCUT2D eigenvalue weighted by Crippen LogP contribution is 2.03. The van der Waals surface area contributed by atoms with Gasteiger partial charge < -0.3 is 5.11 Å². The summed E-state index contributed by atoms with van der Waals surface area (Å²) >= 11 is 0. The second-order valence-corrected chi connectivity index (χ2v) is 2.95. The Labute approximate surface area is 87.3 Å². The van der Waals surface area contributed by atoms with Gasteiger partial charge in [-0.2, -0.15) is 0 Å². The lowest BCUT2D eigenvalue weighted by Gasteiger charge is -1.96. The zero-order valence-corrected chi connectivity index (χ0v) is 8.53. The number of amidine groups is 1. The van der Waals surface area contributed by atoms with Crippen LogP contribution in [0.4, 0.5) is 4.39 Å². The van der Waals surface area contributed by atoms with Crippen molar-refractivity contribution in [2.75, 3.05) is 6.54 Å². The molecule has 0 aliphatic carbocycles. The Bertz CT molecular complexity index is 264. The number of aliphatic imine (C=N–C) groups is 1. The van der Waals surface area contributed by atoms with Crippen molar-refractivity contribution in [1.82, 2.24) is 5.48 Å². The smallest absolute Gasteiger partial charge is 0.303 e. The first-order chi connectivity index (χ1) is 7.06. The predicted molar refractivity (Wildman–Crippen MR) is 53.6 cm³/mol. The third-order valence-electron chi connectivity index (χ3n) is 1.59. The van der Waals surface area contributed by atoms with Gasteiger partial charge in [0, 0.05) is 6.42 Å². The largest absolute Gasteiger partial charge is 0.481 e. The van der Waals surface area contributed by atoms with E-state index in [4.69, 9.17) is 10.3 Å². The summed E-state index contributed by atoms with van der Waals surface area (Å²) in [5.74, 6) is -1.10. The molecule has 0 aromatic heterocycles. The topological polar surface area (TPSA) is 81.9 Å². The molecule has 0 saturated carbocycles. The van der Waals surface area contributed by atoms with Gasteiger partial charge in [0.1, 0.15) is 11.7 Å². The van der Waals surface area contributed by atoms with Crippen LogP contribution < -0.4 is 5.48 Å². The molecule has 0 spiro atoms. The number of unbranched alkanes of at least 4 members (excludes halogenated alkanes) is 1. The number of hydroxylamine groups is 1. The molecule has 3 N–H and O–H groups in total. The van der Waals surface area contributed by atoms with Crippen LogP contribution in [0.5, 0.6) is 0 Å². The van der Waals surface area contributed by atoms with E-state index in [1.807, 2.05) is 0 Å². The van der Waals surface area contributed by atoms with Crippen LogP contribution in [0, 0.1) is 0 Å². The fraction of sp³-hybridized carbons (Fsp3) is 0.556. The molecule has 0 saturated heterocycles. The van der Waals surface area contributed by atoms with Crippen LogP contribution >= 0.6 is 0 Å². The summed E-state index contributed by atoms with van der Waals surface area (Å²) in [7, 11) is 0. The van der Waals surface area contributed by atoms with Gasteiger partial charge in [0.2, 0.25) is 0 Å². The summed E-state index contributed by atoms with van der Waals surface area (Å²) in [5, 5.41) is 16.6. The summed E-state index contributed by atoms with van der Waals surface area (Å²) in [5.41, 5.74) is 1.78. The number of hydrogen-bond donors (Lipinski definition) is 3. The first kappa shape index (κ1) is 13.6. The lowest BCUT2D eigenvalue weighted by Crippen LogP contribution is -2.15. The van der Waals surface area contributed by atoms with Gasteiger partial charge in [0.05, 0.1) is 6.54 Å². The van der Waals surface area contributed by atoms with Gasteiger partial charge >= 0.3 is 5.97 Å². The fourth-order valence-electron chi connectivity index (χ4n) is 0.806. The molecule has 0 heterocycles. The van der Waals surface area contributed by atoms with Gasteiger partial charge in [-0.05, 0) is 19.8 Å². The number of nitrogens with one attached hydrogen (secondary N) is 1. The highest BCUT2D eigenvalue weighted by Gasteiger charge is 1.97. The minimum Gasteiger partial charge on any atom is -0.481 e. The van der Waals surface area contributed by atoms with Crippen LogP contribution in [0.1, 0.15) is 26.2 Å². The molecule has 0 bridgehead atoms. The SMILES string of the molecule is CC(=NCC(F)=CCCCC(=O)O)NO. The number of halogens is 1. The lowest BCUT2D eigenvalue weighted by molar-refractivity contribution is -0.137. The molecule has 0 aliphatic rings. The van der Waals surface area contributed by atoms with E-state index in [-0.39, 0.29) is 18.8 Å². The lowest BCUT2D eigenvalue weighted by atomic mass is 10.2. The number of carboxylic acids is 1. The second-order valence-electron chi connectivity index (χ2n) is 2.95. The van der Waals surface area contributed by atoms with Crippen molar-refractivity contribution in [3.63, 3.8) is 0 Å². The Morgan fingerprint density at radius 1 is 1.60 bits per heavy atom. The minimum atomic E-state index is -0.887. The Morgan fingerprint density at radius 3 is 2.80 bits per heavy atom. The van der Waals surface area contributed by atoms with Crippen LogP contribution in [0.25, 0.3) is 0 Å². The average molecular weight is 218 g/mol. The van der Waals surface area contributed by atoms with E-state index in [0.29, 0.717) is 12.8 Å². The van der Waals surface area contributed by atoms with Gasteiger partial charge in [-0.15, -0.1) is 0 Å². The number of rotatable bonds is 6.